The first-order valence-electron chi connectivity index (χ1n) is 4.11. The van der Waals surface area contributed by atoms with Crippen LogP contribution in [0.2, 0.25) is 0 Å². The number of nitrogens with zero attached hydrogens (tertiary/aromatic N) is 2. The van der Waals surface area contributed by atoms with Crippen molar-refractivity contribution in [2.24, 2.45) is 0 Å². The highest BCUT2D eigenvalue weighted by molar-refractivity contribution is 5.58. The van der Waals surface area contributed by atoms with Gasteiger partial charge in [-0.05, 0) is 18.2 Å². The van der Waals surface area contributed by atoms with Crippen LogP contribution >= 0.6 is 0 Å². The van der Waals surface area contributed by atoms with Gasteiger partial charge in [0.2, 0.25) is 5.82 Å². The number of hydrogen-bond acceptors (Lipinski definition) is 2. The van der Waals surface area contributed by atoms with E-state index in [-0.39, 0.29) is 5.82 Å². The maximum atomic E-state index is 12.9. The van der Waals surface area contributed by atoms with Gasteiger partial charge < -0.3 is 4.98 Å². The van der Waals surface area contributed by atoms with Gasteiger partial charge in [0.15, 0.2) is 11.6 Å². The lowest BCUT2D eigenvalue weighted by molar-refractivity contribution is 0.509. The Hall–Kier alpha value is -2.22. The molecule has 74 valence electrons. The first kappa shape index (κ1) is 9.34. The Morgan fingerprint density at radius 2 is 2.07 bits per heavy atom. The van der Waals surface area contributed by atoms with E-state index in [2.05, 4.69) is 9.97 Å². The van der Waals surface area contributed by atoms with Crippen LogP contribution in [0.1, 0.15) is 5.82 Å². The molecule has 3 nitrogen and oxygen atoms in total. The molecule has 0 saturated heterocycles. The molecule has 5 heteroatoms. The molecule has 0 amide bonds. The third-order valence-electron chi connectivity index (χ3n) is 1.91. The molecule has 0 aliphatic carbocycles. The molecule has 1 heterocycles. The van der Waals surface area contributed by atoms with Gasteiger partial charge in [-0.3, -0.25) is 0 Å². The third kappa shape index (κ3) is 1.70. The number of aromatic amines is 1. The van der Waals surface area contributed by atoms with E-state index in [0.29, 0.717) is 11.3 Å². The Balaban J connectivity index is 2.46. The zero-order chi connectivity index (χ0) is 10.8. The number of benzene rings is 1. The summed E-state index contributed by atoms with van der Waals surface area (Å²) < 4.78 is 25.5. The fourth-order valence-corrected chi connectivity index (χ4v) is 1.19. The van der Waals surface area contributed by atoms with Crippen LogP contribution in [0.25, 0.3) is 11.3 Å². The summed E-state index contributed by atoms with van der Waals surface area (Å²) in [5.41, 5.74) is 0.924. The lowest BCUT2D eigenvalue weighted by atomic mass is 10.1. The molecule has 0 unspecified atom stereocenters. The maximum Gasteiger partial charge on any atom is 0.210 e. The molecule has 0 spiro atoms. The highest BCUT2D eigenvalue weighted by atomic mass is 19.2. The minimum Gasteiger partial charge on any atom is -0.329 e. The summed E-state index contributed by atoms with van der Waals surface area (Å²) >= 11 is 0. The molecule has 2 aromatic rings. The summed E-state index contributed by atoms with van der Waals surface area (Å²) in [5.74, 6) is -1.70. The summed E-state index contributed by atoms with van der Waals surface area (Å²) in [6.45, 7) is 0. The summed E-state index contributed by atoms with van der Waals surface area (Å²) in [5, 5.41) is 8.52. The van der Waals surface area contributed by atoms with Crippen LogP contribution < -0.4 is 0 Å². The van der Waals surface area contributed by atoms with E-state index < -0.39 is 11.6 Å². The molecule has 0 atom stereocenters. The number of rotatable bonds is 1. The minimum absolute atomic E-state index is 0.134. The summed E-state index contributed by atoms with van der Waals surface area (Å²) in [7, 11) is 0. The van der Waals surface area contributed by atoms with Gasteiger partial charge in [-0.25, -0.2) is 13.8 Å². The monoisotopic (exact) mass is 205 g/mol. The van der Waals surface area contributed by atoms with Gasteiger partial charge in [0.05, 0.1) is 11.9 Å². The van der Waals surface area contributed by atoms with Crippen molar-refractivity contribution in [3.05, 3.63) is 41.9 Å². The molecule has 0 radical (unpaired) electrons. The van der Waals surface area contributed by atoms with Crippen molar-refractivity contribution >= 4 is 0 Å². The molecule has 15 heavy (non-hydrogen) atoms. The van der Waals surface area contributed by atoms with Crippen LogP contribution in [0, 0.1) is 23.0 Å². The van der Waals surface area contributed by atoms with Crippen LogP contribution in [0.4, 0.5) is 8.78 Å². The summed E-state index contributed by atoms with van der Waals surface area (Å²) in [6.07, 6.45) is 1.39. The fourth-order valence-electron chi connectivity index (χ4n) is 1.19. The number of H-pyrrole nitrogens is 1. The molecule has 1 N–H and O–H groups in total. The smallest absolute Gasteiger partial charge is 0.210 e. The zero-order valence-electron chi connectivity index (χ0n) is 7.46. The Morgan fingerprint density at radius 3 is 2.67 bits per heavy atom. The van der Waals surface area contributed by atoms with Crippen LogP contribution in [-0.2, 0) is 0 Å². The zero-order valence-corrected chi connectivity index (χ0v) is 7.46. The van der Waals surface area contributed by atoms with E-state index in [0.717, 1.165) is 12.1 Å². The predicted octanol–water partition coefficient (Wildman–Crippen LogP) is 2.23. The van der Waals surface area contributed by atoms with E-state index in [4.69, 9.17) is 5.26 Å². The van der Waals surface area contributed by atoms with Crippen molar-refractivity contribution in [2.45, 2.75) is 0 Å². The van der Waals surface area contributed by atoms with Crippen LogP contribution in [0.15, 0.2) is 24.4 Å². The van der Waals surface area contributed by atoms with Gasteiger partial charge in [-0.2, -0.15) is 5.26 Å². The lowest BCUT2D eigenvalue weighted by Crippen LogP contribution is -1.85. The third-order valence-corrected chi connectivity index (χ3v) is 1.91. The molecule has 0 aliphatic rings. The molecule has 0 bridgehead atoms. The lowest BCUT2D eigenvalue weighted by Gasteiger charge is -1.97. The SMILES string of the molecule is N#Cc1ncc(-c2ccc(F)c(F)c2)[nH]1. The van der Waals surface area contributed by atoms with E-state index in [1.54, 1.807) is 0 Å². The van der Waals surface area contributed by atoms with Gasteiger partial charge in [0.25, 0.3) is 0 Å². The predicted molar refractivity (Wildman–Crippen MR) is 48.7 cm³/mol. The quantitative estimate of drug-likeness (QED) is 0.776. The number of nitriles is 1. The van der Waals surface area contributed by atoms with Crippen LogP contribution in [0.3, 0.4) is 0 Å². The summed E-state index contributed by atoms with van der Waals surface area (Å²) in [6, 6.07) is 5.29. The average molecular weight is 205 g/mol. The van der Waals surface area contributed by atoms with Crippen molar-refractivity contribution < 1.29 is 8.78 Å². The number of halogens is 2. The second-order valence-corrected chi connectivity index (χ2v) is 2.89. The average Bonchev–Trinajstić information content (AvgIpc) is 2.70. The first-order chi connectivity index (χ1) is 7.20. The fraction of sp³-hybridized carbons (Fsp3) is 0. The first-order valence-corrected chi connectivity index (χ1v) is 4.11. The van der Waals surface area contributed by atoms with Gasteiger partial charge in [0, 0.05) is 5.56 Å². The highest BCUT2D eigenvalue weighted by Crippen LogP contribution is 2.19. The molecular formula is C10H5F2N3. The van der Waals surface area contributed by atoms with Crippen molar-refractivity contribution in [3.8, 4) is 17.3 Å². The number of imidazole rings is 1. The normalized spacial score (nSPS) is 9.93. The Bertz CT molecular complexity index is 540. The Morgan fingerprint density at radius 1 is 1.27 bits per heavy atom. The van der Waals surface area contributed by atoms with Gasteiger partial charge in [-0.1, -0.05) is 0 Å². The number of aromatic nitrogens is 2. The van der Waals surface area contributed by atoms with E-state index in [1.165, 1.54) is 12.3 Å². The van der Waals surface area contributed by atoms with Crippen molar-refractivity contribution in [1.29, 1.82) is 5.26 Å². The van der Waals surface area contributed by atoms with Crippen LogP contribution in [0.5, 0.6) is 0 Å². The van der Waals surface area contributed by atoms with Crippen molar-refractivity contribution in [2.75, 3.05) is 0 Å². The molecule has 1 aromatic heterocycles. The second-order valence-electron chi connectivity index (χ2n) is 2.89. The standard InChI is InChI=1S/C10H5F2N3/c11-7-2-1-6(3-8(7)12)9-5-14-10(4-13)15-9/h1-3,5H,(H,14,15). The van der Waals surface area contributed by atoms with Gasteiger partial charge in [0.1, 0.15) is 6.07 Å². The van der Waals surface area contributed by atoms with Crippen molar-refractivity contribution in [1.82, 2.24) is 9.97 Å². The second kappa shape index (κ2) is 3.50. The molecule has 0 saturated carbocycles. The van der Waals surface area contributed by atoms with Crippen LogP contribution in [-0.4, -0.2) is 9.97 Å². The van der Waals surface area contributed by atoms with Crippen molar-refractivity contribution in [3.63, 3.8) is 0 Å². The van der Waals surface area contributed by atoms with E-state index >= 15 is 0 Å². The topological polar surface area (TPSA) is 52.5 Å². The highest BCUT2D eigenvalue weighted by Gasteiger charge is 2.06. The summed E-state index contributed by atoms with van der Waals surface area (Å²) in [4.78, 5) is 6.39. The van der Waals surface area contributed by atoms with E-state index in [1.807, 2.05) is 6.07 Å². The molecule has 0 aliphatic heterocycles. The number of nitrogens with one attached hydrogen (secondary N) is 1. The minimum atomic E-state index is -0.930. The Labute approximate surface area is 84.0 Å². The maximum absolute atomic E-state index is 12.9. The molecular weight excluding hydrogens is 200 g/mol. The molecule has 1 aromatic carbocycles. The number of hydrogen-bond donors (Lipinski definition) is 1. The Kier molecular flexibility index (Phi) is 2.18. The molecule has 0 fully saturated rings. The van der Waals surface area contributed by atoms with Gasteiger partial charge >= 0.3 is 0 Å². The van der Waals surface area contributed by atoms with Gasteiger partial charge in [-0.15, -0.1) is 0 Å². The largest absolute Gasteiger partial charge is 0.329 e. The van der Waals surface area contributed by atoms with E-state index in [9.17, 15) is 8.78 Å². The molecule has 2 rings (SSSR count).